The molecule has 0 aliphatic carbocycles. The number of nitrogens with zero attached hydrogens (tertiary/aromatic N) is 4. The SMILES string of the molecule is O=C1CCCN1C1CCN(Cc2ccccc2OCCCn2ccnc2)CC1. The third kappa shape index (κ3) is 4.73. The average Bonchev–Trinajstić information content (AvgIpc) is 3.39. The van der Waals surface area contributed by atoms with Crippen molar-refractivity contribution in [3.05, 3.63) is 48.5 Å². The molecule has 2 aliphatic heterocycles. The minimum atomic E-state index is 0.355. The van der Waals surface area contributed by atoms with Crippen molar-refractivity contribution in [1.29, 1.82) is 0 Å². The lowest BCUT2D eigenvalue weighted by Gasteiger charge is -2.36. The maximum absolute atomic E-state index is 12.0. The van der Waals surface area contributed by atoms with E-state index in [9.17, 15) is 4.79 Å². The molecule has 0 atom stereocenters. The fourth-order valence-electron chi connectivity index (χ4n) is 4.31. The fraction of sp³-hybridized carbons (Fsp3) is 0.545. The van der Waals surface area contributed by atoms with Crippen LogP contribution in [0.2, 0.25) is 0 Å². The van der Waals surface area contributed by atoms with Crippen LogP contribution in [0.4, 0.5) is 0 Å². The lowest BCUT2D eigenvalue weighted by atomic mass is 10.0. The third-order valence-electron chi connectivity index (χ3n) is 5.85. The maximum atomic E-state index is 12.0. The Kier molecular flexibility index (Phi) is 6.27. The molecule has 2 fully saturated rings. The molecular formula is C22H30N4O2. The second kappa shape index (κ2) is 9.24. The lowest BCUT2D eigenvalue weighted by Crippen LogP contribution is -2.45. The number of imidazole rings is 1. The van der Waals surface area contributed by atoms with E-state index in [0.717, 1.165) is 70.6 Å². The number of para-hydroxylation sites is 1. The summed E-state index contributed by atoms with van der Waals surface area (Å²) in [6.45, 7) is 5.59. The van der Waals surface area contributed by atoms with Gasteiger partial charge in [0.1, 0.15) is 5.75 Å². The van der Waals surface area contributed by atoms with Crippen LogP contribution in [0.3, 0.4) is 0 Å². The van der Waals surface area contributed by atoms with Gasteiger partial charge in [-0.1, -0.05) is 18.2 Å². The predicted molar refractivity (Wildman–Crippen MR) is 108 cm³/mol. The Morgan fingerprint density at radius 3 is 2.75 bits per heavy atom. The predicted octanol–water partition coefficient (Wildman–Crippen LogP) is 2.94. The zero-order valence-electron chi connectivity index (χ0n) is 16.5. The van der Waals surface area contributed by atoms with E-state index in [2.05, 4.69) is 37.5 Å². The Morgan fingerprint density at radius 1 is 1.14 bits per heavy atom. The van der Waals surface area contributed by atoms with Crippen LogP contribution in [-0.4, -0.2) is 57.5 Å². The molecule has 6 nitrogen and oxygen atoms in total. The smallest absolute Gasteiger partial charge is 0.222 e. The number of amides is 1. The minimum Gasteiger partial charge on any atom is -0.493 e. The number of ether oxygens (including phenoxy) is 1. The molecule has 1 aromatic heterocycles. The summed E-state index contributed by atoms with van der Waals surface area (Å²) in [4.78, 5) is 20.7. The average molecular weight is 383 g/mol. The molecule has 2 aromatic rings. The van der Waals surface area contributed by atoms with E-state index < -0.39 is 0 Å². The number of aryl methyl sites for hydroxylation is 1. The first kappa shape index (κ1) is 19.0. The van der Waals surface area contributed by atoms with Gasteiger partial charge in [-0.25, -0.2) is 4.98 Å². The molecule has 0 spiro atoms. The van der Waals surface area contributed by atoms with E-state index in [-0.39, 0.29) is 0 Å². The van der Waals surface area contributed by atoms with E-state index in [1.807, 2.05) is 18.6 Å². The van der Waals surface area contributed by atoms with Crippen molar-refractivity contribution >= 4 is 5.91 Å². The highest BCUT2D eigenvalue weighted by molar-refractivity contribution is 5.78. The molecule has 1 amide bonds. The van der Waals surface area contributed by atoms with Crippen molar-refractivity contribution in [2.75, 3.05) is 26.2 Å². The number of carbonyl (C=O) groups is 1. The van der Waals surface area contributed by atoms with Crippen LogP contribution in [0.25, 0.3) is 0 Å². The van der Waals surface area contributed by atoms with Crippen molar-refractivity contribution in [3.8, 4) is 5.75 Å². The summed E-state index contributed by atoms with van der Waals surface area (Å²) in [6.07, 6.45) is 10.5. The normalized spacial score (nSPS) is 18.7. The summed E-state index contributed by atoms with van der Waals surface area (Å²) in [5, 5.41) is 0. The molecule has 28 heavy (non-hydrogen) atoms. The van der Waals surface area contributed by atoms with Gasteiger partial charge < -0.3 is 14.2 Å². The van der Waals surface area contributed by atoms with Crippen LogP contribution in [-0.2, 0) is 17.9 Å². The second-order valence-electron chi connectivity index (χ2n) is 7.81. The first-order chi connectivity index (χ1) is 13.8. The summed E-state index contributed by atoms with van der Waals surface area (Å²) in [5.74, 6) is 1.35. The number of benzene rings is 1. The van der Waals surface area contributed by atoms with Gasteiger partial charge in [0.25, 0.3) is 0 Å². The van der Waals surface area contributed by atoms with E-state index in [4.69, 9.17) is 4.74 Å². The van der Waals surface area contributed by atoms with E-state index in [1.165, 1.54) is 5.56 Å². The van der Waals surface area contributed by atoms with Gasteiger partial charge in [0.2, 0.25) is 5.91 Å². The van der Waals surface area contributed by atoms with Crippen LogP contribution >= 0.6 is 0 Å². The molecule has 0 unspecified atom stereocenters. The zero-order valence-corrected chi connectivity index (χ0v) is 16.5. The van der Waals surface area contributed by atoms with Crippen LogP contribution in [0.15, 0.2) is 43.0 Å². The van der Waals surface area contributed by atoms with Crippen molar-refractivity contribution in [1.82, 2.24) is 19.4 Å². The van der Waals surface area contributed by atoms with Gasteiger partial charge in [-0.15, -0.1) is 0 Å². The molecule has 6 heteroatoms. The highest BCUT2D eigenvalue weighted by Gasteiger charge is 2.30. The summed E-state index contributed by atoms with van der Waals surface area (Å²) in [6, 6.07) is 8.81. The van der Waals surface area contributed by atoms with Crippen LogP contribution in [0, 0.1) is 0 Å². The van der Waals surface area contributed by atoms with Crippen molar-refractivity contribution in [2.45, 2.75) is 51.2 Å². The molecule has 2 saturated heterocycles. The van der Waals surface area contributed by atoms with E-state index in [1.54, 1.807) is 6.20 Å². The molecular weight excluding hydrogens is 352 g/mol. The molecule has 1 aromatic carbocycles. The van der Waals surface area contributed by atoms with Gasteiger partial charge >= 0.3 is 0 Å². The lowest BCUT2D eigenvalue weighted by molar-refractivity contribution is -0.130. The number of hydrogen-bond acceptors (Lipinski definition) is 4. The first-order valence-corrected chi connectivity index (χ1v) is 10.5. The number of hydrogen-bond donors (Lipinski definition) is 0. The van der Waals surface area contributed by atoms with Crippen LogP contribution < -0.4 is 4.74 Å². The maximum Gasteiger partial charge on any atom is 0.222 e. The van der Waals surface area contributed by atoms with Gasteiger partial charge in [0, 0.05) is 63.1 Å². The Hall–Kier alpha value is -2.34. The number of likely N-dealkylation sites (tertiary alicyclic amines) is 2. The quantitative estimate of drug-likeness (QED) is 0.659. The Labute approximate surface area is 167 Å². The molecule has 4 rings (SSSR count). The number of piperidine rings is 1. The Balaban J connectivity index is 1.25. The highest BCUT2D eigenvalue weighted by atomic mass is 16.5. The van der Waals surface area contributed by atoms with Crippen LogP contribution in [0.5, 0.6) is 5.75 Å². The topological polar surface area (TPSA) is 50.6 Å². The number of aromatic nitrogens is 2. The second-order valence-corrected chi connectivity index (χ2v) is 7.81. The van der Waals surface area contributed by atoms with Crippen molar-refractivity contribution in [3.63, 3.8) is 0 Å². The standard InChI is InChI=1S/C22H30N4O2/c27-22-7-3-12-26(22)20-8-13-24(14-9-20)17-19-5-1-2-6-21(19)28-16-4-11-25-15-10-23-18-25/h1-2,5-6,10,15,18,20H,3-4,7-9,11-14,16-17H2. The van der Waals surface area contributed by atoms with Gasteiger partial charge in [-0.2, -0.15) is 0 Å². The molecule has 0 bridgehead atoms. The van der Waals surface area contributed by atoms with Crippen molar-refractivity contribution < 1.29 is 9.53 Å². The molecule has 0 N–H and O–H groups in total. The van der Waals surface area contributed by atoms with Gasteiger partial charge in [-0.05, 0) is 31.7 Å². The molecule has 0 saturated carbocycles. The van der Waals surface area contributed by atoms with Gasteiger partial charge in [-0.3, -0.25) is 9.69 Å². The highest BCUT2D eigenvalue weighted by Crippen LogP contribution is 2.25. The summed E-state index contributed by atoms with van der Waals surface area (Å²) in [5.41, 5.74) is 1.25. The number of rotatable bonds is 8. The largest absolute Gasteiger partial charge is 0.493 e. The molecule has 2 aliphatic rings. The molecule has 150 valence electrons. The Morgan fingerprint density at radius 2 is 2.00 bits per heavy atom. The van der Waals surface area contributed by atoms with Crippen LogP contribution in [0.1, 0.15) is 37.7 Å². The minimum absolute atomic E-state index is 0.355. The van der Waals surface area contributed by atoms with Crippen molar-refractivity contribution in [2.24, 2.45) is 0 Å². The number of carbonyl (C=O) groups excluding carboxylic acids is 1. The van der Waals surface area contributed by atoms with E-state index >= 15 is 0 Å². The zero-order chi connectivity index (χ0) is 19.2. The summed E-state index contributed by atoms with van der Waals surface area (Å²) >= 11 is 0. The monoisotopic (exact) mass is 382 g/mol. The summed E-state index contributed by atoms with van der Waals surface area (Å²) in [7, 11) is 0. The third-order valence-corrected chi connectivity index (χ3v) is 5.85. The summed E-state index contributed by atoms with van der Waals surface area (Å²) < 4.78 is 8.15. The fourth-order valence-corrected chi connectivity index (χ4v) is 4.31. The van der Waals surface area contributed by atoms with E-state index in [0.29, 0.717) is 18.6 Å². The molecule has 0 radical (unpaired) electrons. The Bertz CT molecular complexity index is 754. The van der Waals surface area contributed by atoms with Gasteiger partial charge in [0.15, 0.2) is 0 Å². The van der Waals surface area contributed by atoms with Gasteiger partial charge in [0.05, 0.1) is 12.9 Å². The molecule has 3 heterocycles. The first-order valence-electron chi connectivity index (χ1n) is 10.5.